The molecule has 2 N–H and O–H groups in total. The highest BCUT2D eigenvalue weighted by molar-refractivity contribution is 7.22. The Bertz CT molecular complexity index is 2220. The fraction of sp³-hybridized carbons (Fsp3) is 0.439. The second-order valence-corrected chi connectivity index (χ2v) is 17.8. The van der Waals surface area contributed by atoms with Crippen LogP contribution in [0.5, 0.6) is 0 Å². The molecule has 0 radical (unpaired) electrons. The maximum absolute atomic E-state index is 13.6. The molecule has 2 unspecified atom stereocenters. The Kier molecular flexibility index (Phi) is 7.48. The van der Waals surface area contributed by atoms with Crippen LogP contribution < -0.4 is 10.2 Å². The zero-order valence-corrected chi connectivity index (χ0v) is 31.0. The third kappa shape index (κ3) is 5.51. The largest absolute Gasteiger partial charge is 0.476 e. The third-order valence-electron chi connectivity index (χ3n) is 12.4. The van der Waals surface area contributed by atoms with Crippen molar-refractivity contribution >= 4 is 44.4 Å². The van der Waals surface area contributed by atoms with Crippen molar-refractivity contribution < 1.29 is 19.4 Å². The molecular formula is C41H44N6O4S. The maximum Gasteiger partial charge on any atom is 0.355 e. The van der Waals surface area contributed by atoms with E-state index < -0.39 is 5.97 Å². The van der Waals surface area contributed by atoms with Gasteiger partial charge in [-0.1, -0.05) is 49.4 Å². The molecule has 5 aromatic rings. The van der Waals surface area contributed by atoms with Gasteiger partial charge < -0.3 is 14.7 Å². The van der Waals surface area contributed by atoms with Crippen molar-refractivity contribution in [1.29, 1.82) is 0 Å². The van der Waals surface area contributed by atoms with E-state index in [4.69, 9.17) is 14.8 Å². The number of nitrogens with one attached hydrogen (secondary N) is 1. The summed E-state index contributed by atoms with van der Waals surface area (Å²) in [6.07, 6.45) is 9.37. The van der Waals surface area contributed by atoms with Gasteiger partial charge in [-0.15, -0.1) is 0 Å². The Morgan fingerprint density at radius 3 is 2.48 bits per heavy atom. The highest BCUT2D eigenvalue weighted by Gasteiger charge is 2.66. The Labute approximate surface area is 307 Å². The van der Waals surface area contributed by atoms with E-state index in [-0.39, 0.29) is 33.4 Å². The van der Waals surface area contributed by atoms with Crippen LogP contribution in [0.25, 0.3) is 21.3 Å². The number of hydrogen-bond donors (Lipinski definition) is 2. The molecule has 0 saturated heterocycles. The second-order valence-electron chi connectivity index (χ2n) is 16.8. The van der Waals surface area contributed by atoms with Gasteiger partial charge in [0.25, 0.3) is 5.91 Å². The lowest BCUT2D eigenvalue weighted by molar-refractivity contribution is -0.239. The van der Waals surface area contributed by atoms with Crippen LogP contribution in [-0.4, -0.2) is 56.0 Å². The molecule has 268 valence electrons. The van der Waals surface area contributed by atoms with E-state index in [1.165, 1.54) is 17.8 Å². The predicted octanol–water partition coefficient (Wildman–Crippen LogP) is 8.14. The normalized spacial score (nSPS) is 27.6. The molecule has 4 aliphatic carbocycles. The third-order valence-corrected chi connectivity index (χ3v) is 13.4. The van der Waals surface area contributed by atoms with E-state index in [1.807, 2.05) is 68.8 Å². The van der Waals surface area contributed by atoms with Crippen LogP contribution in [0.1, 0.15) is 90.0 Å². The van der Waals surface area contributed by atoms with Gasteiger partial charge in [0.15, 0.2) is 10.8 Å². The number of rotatable bonds is 8. The van der Waals surface area contributed by atoms with Crippen molar-refractivity contribution in [2.45, 2.75) is 84.4 Å². The number of carboxylic acids is 1. The molecule has 10 nitrogen and oxygen atoms in total. The number of aromatic nitrogens is 4. The fourth-order valence-electron chi connectivity index (χ4n) is 11.5. The summed E-state index contributed by atoms with van der Waals surface area (Å²) in [4.78, 5) is 37.7. The lowest BCUT2D eigenvalue weighted by Gasteiger charge is -2.69. The number of carbonyl (C=O) groups excluding carboxylic acids is 1. The van der Waals surface area contributed by atoms with E-state index in [0.29, 0.717) is 41.6 Å². The molecule has 2 atom stereocenters. The van der Waals surface area contributed by atoms with Crippen molar-refractivity contribution in [2.75, 3.05) is 23.9 Å². The maximum atomic E-state index is 13.6. The SMILES string of the molecule is COC12CC3(C)CC(C)(CC(Cn4ncc(-c5ccc(N6CCc7cccc(C(=O)Nc8nc9ccccc9s8)c7C6)nc5C(=O)O)c4C)(C3)C1)C2. The average molecular weight is 717 g/mol. The monoisotopic (exact) mass is 716 g/mol. The highest BCUT2D eigenvalue weighted by atomic mass is 32.1. The number of nitrogens with zero attached hydrogens (tertiary/aromatic N) is 5. The predicted molar refractivity (Wildman–Crippen MR) is 202 cm³/mol. The fourth-order valence-corrected chi connectivity index (χ4v) is 12.3. The molecule has 1 amide bonds. The number of para-hydroxylation sites is 1. The van der Waals surface area contributed by atoms with Crippen LogP contribution in [0.2, 0.25) is 0 Å². The summed E-state index contributed by atoms with van der Waals surface area (Å²) in [6.45, 7) is 8.82. The molecule has 10 rings (SSSR count). The highest BCUT2D eigenvalue weighted by Crippen LogP contribution is 2.72. The molecule has 3 aromatic heterocycles. The first-order valence-electron chi connectivity index (χ1n) is 18.2. The van der Waals surface area contributed by atoms with Gasteiger partial charge in [-0.25, -0.2) is 14.8 Å². The molecule has 1 aliphatic heterocycles. The summed E-state index contributed by atoms with van der Waals surface area (Å²) in [5.74, 6) is -0.728. The van der Waals surface area contributed by atoms with Crippen LogP contribution in [0, 0.1) is 23.2 Å². The zero-order chi connectivity index (χ0) is 36.0. The van der Waals surface area contributed by atoms with Crippen LogP contribution in [-0.2, 0) is 24.2 Å². The summed E-state index contributed by atoms with van der Waals surface area (Å²) >= 11 is 1.45. The Balaban J connectivity index is 0.976. The number of aromatic carboxylic acids is 1. The Morgan fingerprint density at radius 1 is 0.942 bits per heavy atom. The van der Waals surface area contributed by atoms with Crippen molar-refractivity contribution in [3.63, 3.8) is 0 Å². The number of anilines is 2. The smallest absolute Gasteiger partial charge is 0.355 e. The van der Waals surface area contributed by atoms with Gasteiger partial charge in [0.2, 0.25) is 0 Å². The minimum absolute atomic E-state index is 0.000902. The summed E-state index contributed by atoms with van der Waals surface area (Å²) in [7, 11) is 1.89. The van der Waals surface area contributed by atoms with Gasteiger partial charge in [-0.2, -0.15) is 5.10 Å². The number of methoxy groups -OCH3 is 1. The van der Waals surface area contributed by atoms with E-state index in [9.17, 15) is 14.7 Å². The van der Waals surface area contributed by atoms with Gasteiger partial charge in [0.05, 0.1) is 22.0 Å². The zero-order valence-electron chi connectivity index (χ0n) is 30.2. The number of pyridine rings is 1. The quantitative estimate of drug-likeness (QED) is 0.165. The number of carboxylic acid groups (broad SMARTS) is 1. The van der Waals surface area contributed by atoms with Gasteiger partial charge in [-0.3, -0.25) is 14.8 Å². The van der Waals surface area contributed by atoms with E-state index in [2.05, 4.69) is 39.8 Å². The summed E-state index contributed by atoms with van der Waals surface area (Å²) in [6, 6.07) is 17.4. The minimum atomic E-state index is -1.08. The molecule has 5 aliphatic rings. The van der Waals surface area contributed by atoms with Gasteiger partial charge >= 0.3 is 5.97 Å². The van der Waals surface area contributed by atoms with E-state index >= 15 is 0 Å². The number of amides is 1. The molecule has 4 saturated carbocycles. The lowest BCUT2D eigenvalue weighted by Crippen LogP contribution is -2.64. The molecule has 4 fully saturated rings. The Morgan fingerprint density at radius 2 is 1.73 bits per heavy atom. The number of benzene rings is 2. The van der Waals surface area contributed by atoms with Crippen molar-refractivity contribution in [3.05, 3.63) is 88.9 Å². The van der Waals surface area contributed by atoms with Crippen LogP contribution in [0.3, 0.4) is 0 Å². The molecular weight excluding hydrogens is 673 g/mol. The summed E-state index contributed by atoms with van der Waals surface area (Å²) < 4.78 is 9.40. The molecule has 52 heavy (non-hydrogen) atoms. The van der Waals surface area contributed by atoms with Gasteiger partial charge in [-0.05, 0) is 110 Å². The molecule has 0 spiro atoms. The number of fused-ring (bicyclic) bond motifs is 2. The first-order chi connectivity index (χ1) is 24.9. The number of ether oxygens (including phenoxy) is 1. The number of thiazole rings is 1. The average Bonchev–Trinajstić information content (AvgIpc) is 3.67. The van der Waals surface area contributed by atoms with Crippen molar-refractivity contribution in [3.8, 4) is 11.1 Å². The Hall–Kier alpha value is -4.61. The molecule has 11 heteroatoms. The molecule has 4 heterocycles. The van der Waals surface area contributed by atoms with E-state index in [0.717, 1.165) is 71.2 Å². The first-order valence-corrected chi connectivity index (χ1v) is 19.0. The first kappa shape index (κ1) is 33.2. The second kappa shape index (κ2) is 11.7. The van der Waals surface area contributed by atoms with Gasteiger partial charge in [0, 0.05) is 49.1 Å². The topological polar surface area (TPSA) is 122 Å². The van der Waals surface area contributed by atoms with Crippen molar-refractivity contribution in [2.24, 2.45) is 16.2 Å². The number of hydrogen-bond acceptors (Lipinski definition) is 8. The molecule has 4 bridgehead atoms. The molecule has 2 aromatic carbocycles. The van der Waals surface area contributed by atoms with Crippen LogP contribution in [0.15, 0.2) is 60.8 Å². The van der Waals surface area contributed by atoms with E-state index in [1.54, 1.807) is 0 Å². The van der Waals surface area contributed by atoms with Gasteiger partial charge in [0.1, 0.15) is 5.82 Å². The summed E-state index contributed by atoms with van der Waals surface area (Å²) in [5.41, 5.74) is 6.28. The van der Waals surface area contributed by atoms with Crippen LogP contribution in [0.4, 0.5) is 10.9 Å². The number of carbonyl (C=O) groups is 2. The standard InChI is InChI=1S/C41H44N6O4S/c1-25-29(16-42-47(25)24-40-19-38(2)18-39(3,20-40)22-41(21-38,23-40)51-4)27-12-13-33(44-34(27)36(49)50)46-15-14-26-8-7-9-28(30(26)17-46)35(48)45-37-43-31-10-5-6-11-32(31)52-37/h5-13,16H,14-15,17-24H2,1-4H3,(H,49,50)(H,43,45,48). The van der Waals surface area contributed by atoms with Crippen LogP contribution >= 0.6 is 11.3 Å². The minimum Gasteiger partial charge on any atom is -0.476 e. The van der Waals surface area contributed by atoms with Crippen molar-refractivity contribution in [1.82, 2.24) is 19.7 Å². The lowest BCUT2D eigenvalue weighted by atomic mass is 9.39. The summed E-state index contributed by atoms with van der Waals surface area (Å²) in [5, 5.41) is 18.9.